The summed E-state index contributed by atoms with van der Waals surface area (Å²) in [6, 6.07) is 8.71. The maximum Gasteiger partial charge on any atom is 0.140 e. The van der Waals surface area contributed by atoms with Gasteiger partial charge in [0.1, 0.15) is 12.1 Å². The highest BCUT2D eigenvalue weighted by Gasteiger charge is 2.21. The van der Waals surface area contributed by atoms with E-state index in [1.807, 2.05) is 6.07 Å². The first-order valence-corrected chi connectivity index (χ1v) is 7.93. The Bertz CT molecular complexity index is 585. The lowest BCUT2D eigenvalue weighted by molar-refractivity contribution is 0.370. The number of nitrogens with zero attached hydrogens (tertiary/aromatic N) is 3. The highest BCUT2D eigenvalue weighted by molar-refractivity contribution is 5.89. The van der Waals surface area contributed by atoms with Crippen LogP contribution in [0, 0.1) is 5.92 Å². The zero-order valence-corrected chi connectivity index (χ0v) is 12.9. The third-order valence-corrected chi connectivity index (χ3v) is 4.27. The molecule has 0 saturated carbocycles. The molecule has 0 amide bonds. The molecule has 1 aromatic heterocycles. The molecule has 1 fully saturated rings. The Labute approximate surface area is 126 Å². The van der Waals surface area contributed by atoms with Gasteiger partial charge in [-0.05, 0) is 57.8 Å². The Balaban J connectivity index is 1.91. The van der Waals surface area contributed by atoms with E-state index in [4.69, 9.17) is 0 Å². The van der Waals surface area contributed by atoms with Gasteiger partial charge in [0, 0.05) is 18.0 Å². The third kappa shape index (κ3) is 3.16. The largest absolute Gasteiger partial charge is 0.353 e. The van der Waals surface area contributed by atoms with Crippen LogP contribution in [0.25, 0.3) is 10.9 Å². The summed E-state index contributed by atoms with van der Waals surface area (Å²) in [6.07, 6.45) is 4.27. The lowest BCUT2D eigenvalue weighted by Gasteiger charge is -2.34. The Morgan fingerprint density at radius 3 is 2.90 bits per heavy atom. The standard InChI is InChI=1S/C17H24N4/c1-13(2)21(11-14-6-5-9-18-10-14)17-15-7-3-4-8-16(15)19-12-20-17/h3-4,7-8,12-14,18H,5-6,9-11H2,1-2H3. The number of piperidine rings is 1. The number of hydrogen-bond donors (Lipinski definition) is 1. The molecule has 0 bridgehead atoms. The van der Waals surface area contributed by atoms with Gasteiger partial charge in [0.15, 0.2) is 0 Å². The molecule has 1 aliphatic heterocycles. The molecule has 3 rings (SSSR count). The molecular formula is C17H24N4. The van der Waals surface area contributed by atoms with Gasteiger partial charge >= 0.3 is 0 Å². The number of benzene rings is 1. The second kappa shape index (κ2) is 6.39. The first kappa shape index (κ1) is 14.3. The molecule has 112 valence electrons. The van der Waals surface area contributed by atoms with E-state index in [0.717, 1.165) is 36.4 Å². The molecule has 4 heteroatoms. The molecule has 1 aliphatic rings. The Morgan fingerprint density at radius 1 is 1.29 bits per heavy atom. The second-order valence-corrected chi connectivity index (χ2v) is 6.17. The Morgan fingerprint density at radius 2 is 2.14 bits per heavy atom. The van der Waals surface area contributed by atoms with Crippen LogP contribution in [0.2, 0.25) is 0 Å². The van der Waals surface area contributed by atoms with E-state index >= 15 is 0 Å². The van der Waals surface area contributed by atoms with Crippen LogP contribution >= 0.6 is 0 Å². The average Bonchev–Trinajstić information content (AvgIpc) is 2.53. The van der Waals surface area contributed by atoms with E-state index in [-0.39, 0.29) is 0 Å². The molecule has 1 unspecified atom stereocenters. The quantitative estimate of drug-likeness (QED) is 0.937. The molecule has 2 aromatic rings. The SMILES string of the molecule is CC(C)N(CC1CCCNC1)c1ncnc2ccccc12. The number of aromatic nitrogens is 2. The van der Waals surface area contributed by atoms with Crippen molar-refractivity contribution in [2.45, 2.75) is 32.7 Å². The summed E-state index contributed by atoms with van der Waals surface area (Å²) >= 11 is 0. The summed E-state index contributed by atoms with van der Waals surface area (Å²) in [4.78, 5) is 11.4. The fraction of sp³-hybridized carbons (Fsp3) is 0.529. The number of para-hydroxylation sites is 1. The van der Waals surface area contributed by atoms with Gasteiger partial charge in [-0.3, -0.25) is 0 Å². The molecule has 0 radical (unpaired) electrons. The number of anilines is 1. The van der Waals surface area contributed by atoms with E-state index in [2.05, 4.69) is 52.2 Å². The summed E-state index contributed by atoms with van der Waals surface area (Å²) in [5, 5.41) is 4.66. The van der Waals surface area contributed by atoms with Gasteiger partial charge in [-0.15, -0.1) is 0 Å². The zero-order chi connectivity index (χ0) is 14.7. The molecule has 1 saturated heterocycles. The minimum absolute atomic E-state index is 0.435. The molecule has 0 spiro atoms. The van der Waals surface area contributed by atoms with Gasteiger partial charge in [-0.25, -0.2) is 9.97 Å². The van der Waals surface area contributed by atoms with Crippen LogP contribution in [-0.4, -0.2) is 35.6 Å². The van der Waals surface area contributed by atoms with E-state index in [1.54, 1.807) is 6.33 Å². The molecule has 2 heterocycles. The summed E-state index contributed by atoms with van der Waals surface area (Å²) in [5.74, 6) is 1.77. The van der Waals surface area contributed by atoms with Crippen molar-refractivity contribution >= 4 is 16.7 Å². The minimum Gasteiger partial charge on any atom is -0.353 e. The summed E-state index contributed by atoms with van der Waals surface area (Å²) in [6.45, 7) is 7.83. The van der Waals surface area contributed by atoms with Gasteiger partial charge < -0.3 is 10.2 Å². The maximum atomic E-state index is 4.59. The highest BCUT2D eigenvalue weighted by atomic mass is 15.2. The van der Waals surface area contributed by atoms with Crippen LogP contribution in [-0.2, 0) is 0 Å². The number of nitrogens with one attached hydrogen (secondary N) is 1. The van der Waals surface area contributed by atoms with Crippen molar-refractivity contribution < 1.29 is 0 Å². The molecule has 1 atom stereocenters. The zero-order valence-electron chi connectivity index (χ0n) is 12.9. The third-order valence-electron chi connectivity index (χ3n) is 4.27. The maximum absolute atomic E-state index is 4.59. The van der Waals surface area contributed by atoms with Gasteiger partial charge in [-0.2, -0.15) is 0 Å². The minimum atomic E-state index is 0.435. The van der Waals surface area contributed by atoms with Gasteiger partial charge in [0.05, 0.1) is 5.52 Å². The molecular weight excluding hydrogens is 260 g/mol. The number of rotatable bonds is 4. The first-order chi connectivity index (χ1) is 10.3. The molecule has 1 N–H and O–H groups in total. The number of fused-ring (bicyclic) bond motifs is 1. The molecule has 4 nitrogen and oxygen atoms in total. The summed E-state index contributed by atoms with van der Waals surface area (Å²) in [7, 11) is 0. The normalized spacial score (nSPS) is 19.1. The van der Waals surface area contributed by atoms with E-state index in [9.17, 15) is 0 Å². The van der Waals surface area contributed by atoms with Crippen LogP contribution < -0.4 is 10.2 Å². The van der Waals surface area contributed by atoms with Gasteiger partial charge in [0.25, 0.3) is 0 Å². The number of hydrogen-bond acceptors (Lipinski definition) is 4. The lowest BCUT2D eigenvalue weighted by Crippen LogP contribution is -2.41. The smallest absolute Gasteiger partial charge is 0.140 e. The molecule has 1 aromatic carbocycles. The van der Waals surface area contributed by atoms with Crippen molar-refractivity contribution in [3.05, 3.63) is 30.6 Å². The van der Waals surface area contributed by atoms with Crippen LogP contribution in [0.3, 0.4) is 0 Å². The average molecular weight is 284 g/mol. The van der Waals surface area contributed by atoms with Crippen molar-refractivity contribution in [2.75, 3.05) is 24.5 Å². The van der Waals surface area contributed by atoms with Crippen LogP contribution in [0.1, 0.15) is 26.7 Å². The Kier molecular flexibility index (Phi) is 4.34. The Hall–Kier alpha value is -1.68. The first-order valence-electron chi connectivity index (χ1n) is 7.93. The fourth-order valence-electron chi connectivity index (χ4n) is 3.12. The van der Waals surface area contributed by atoms with Gasteiger partial charge in [0.2, 0.25) is 0 Å². The van der Waals surface area contributed by atoms with E-state index < -0.39 is 0 Å². The van der Waals surface area contributed by atoms with Crippen molar-refractivity contribution in [1.29, 1.82) is 0 Å². The summed E-state index contributed by atoms with van der Waals surface area (Å²) < 4.78 is 0. The summed E-state index contributed by atoms with van der Waals surface area (Å²) in [5.41, 5.74) is 1.02. The van der Waals surface area contributed by atoms with Crippen molar-refractivity contribution in [3.63, 3.8) is 0 Å². The van der Waals surface area contributed by atoms with E-state index in [1.165, 1.54) is 12.8 Å². The fourth-order valence-corrected chi connectivity index (χ4v) is 3.12. The molecule has 0 aliphatic carbocycles. The predicted octanol–water partition coefficient (Wildman–Crippen LogP) is 2.84. The monoisotopic (exact) mass is 284 g/mol. The van der Waals surface area contributed by atoms with Crippen molar-refractivity contribution in [3.8, 4) is 0 Å². The van der Waals surface area contributed by atoms with Crippen LogP contribution in [0.4, 0.5) is 5.82 Å². The van der Waals surface area contributed by atoms with Crippen LogP contribution in [0.15, 0.2) is 30.6 Å². The van der Waals surface area contributed by atoms with E-state index in [0.29, 0.717) is 12.0 Å². The predicted molar refractivity (Wildman–Crippen MR) is 87.6 cm³/mol. The van der Waals surface area contributed by atoms with Crippen molar-refractivity contribution in [1.82, 2.24) is 15.3 Å². The topological polar surface area (TPSA) is 41.0 Å². The second-order valence-electron chi connectivity index (χ2n) is 6.17. The lowest BCUT2D eigenvalue weighted by atomic mass is 9.98. The van der Waals surface area contributed by atoms with Crippen LogP contribution in [0.5, 0.6) is 0 Å². The van der Waals surface area contributed by atoms with Crippen molar-refractivity contribution in [2.24, 2.45) is 5.92 Å². The molecule has 21 heavy (non-hydrogen) atoms. The van der Waals surface area contributed by atoms with Gasteiger partial charge in [-0.1, -0.05) is 12.1 Å². The highest BCUT2D eigenvalue weighted by Crippen LogP contribution is 2.26.